The van der Waals surface area contributed by atoms with Crippen LogP contribution in [0.15, 0.2) is 28.8 Å². The van der Waals surface area contributed by atoms with Crippen LogP contribution in [0.3, 0.4) is 0 Å². The maximum absolute atomic E-state index is 5.84. The lowest BCUT2D eigenvalue weighted by Gasteiger charge is -2.31. The molecule has 0 N–H and O–H groups in total. The minimum absolute atomic E-state index is 0.300. The zero-order valence-electron chi connectivity index (χ0n) is 17.9. The molecule has 164 valence electrons. The average molecular weight is 416 g/mol. The summed E-state index contributed by atoms with van der Waals surface area (Å²) >= 11 is 0. The van der Waals surface area contributed by atoms with Gasteiger partial charge in [0.15, 0.2) is 5.82 Å². The van der Waals surface area contributed by atoms with Crippen LogP contribution in [0.4, 0.5) is 0 Å². The highest BCUT2D eigenvalue weighted by Crippen LogP contribution is 2.27. The van der Waals surface area contributed by atoms with Crippen molar-refractivity contribution in [2.45, 2.75) is 44.6 Å². The van der Waals surface area contributed by atoms with Crippen molar-refractivity contribution in [1.29, 1.82) is 0 Å². The fourth-order valence-corrected chi connectivity index (χ4v) is 4.29. The van der Waals surface area contributed by atoms with Crippen LogP contribution in [0, 0.1) is 5.92 Å². The molecule has 2 aliphatic rings. The van der Waals surface area contributed by atoms with E-state index in [4.69, 9.17) is 18.7 Å². The van der Waals surface area contributed by atoms with Crippen LogP contribution in [0.1, 0.15) is 48.9 Å². The Bertz CT molecular complexity index is 775. The monoisotopic (exact) mass is 415 g/mol. The number of ether oxygens (including phenoxy) is 3. The first-order valence-electron chi connectivity index (χ1n) is 11.1. The Labute approximate surface area is 178 Å². The highest BCUT2D eigenvalue weighted by atomic mass is 16.5. The molecule has 0 spiro atoms. The highest BCUT2D eigenvalue weighted by molar-refractivity contribution is 5.28. The molecule has 0 saturated carbocycles. The van der Waals surface area contributed by atoms with Crippen LogP contribution < -0.4 is 4.74 Å². The fraction of sp³-hybridized carbons (Fsp3) is 0.652. The van der Waals surface area contributed by atoms with Crippen LogP contribution in [0.2, 0.25) is 0 Å². The molecule has 1 aromatic heterocycles. The van der Waals surface area contributed by atoms with Crippen molar-refractivity contribution in [1.82, 2.24) is 15.0 Å². The molecule has 2 aromatic rings. The number of nitrogens with zero attached hydrogens (tertiary/aromatic N) is 3. The van der Waals surface area contributed by atoms with E-state index in [9.17, 15) is 0 Å². The third-order valence-corrected chi connectivity index (χ3v) is 6.04. The van der Waals surface area contributed by atoms with Gasteiger partial charge >= 0.3 is 0 Å². The minimum Gasteiger partial charge on any atom is -0.497 e. The second-order valence-electron chi connectivity index (χ2n) is 8.36. The van der Waals surface area contributed by atoms with Gasteiger partial charge in [-0.1, -0.05) is 17.3 Å². The smallest absolute Gasteiger partial charge is 0.231 e. The normalized spacial score (nSPS) is 21.0. The SMILES string of the molecule is COc1cccc(CN2CCCC(c3nc(CCOCC4CCOCC4)no3)C2)c1. The van der Waals surface area contributed by atoms with E-state index in [-0.39, 0.29) is 0 Å². The second-order valence-corrected chi connectivity index (χ2v) is 8.36. The number of hydrogen-bond donors (Lipinski definition) is 0. The summed E-state index contributed by atoms with van der Waals surface area (Å²) in [6.07, 6.45) is 5.13. The van der Waals surface area contributed by atoms with E-state index in [0.29, 0.717) is 24.9 Å². The Balaban J connectivity index is 1.23. The molecule has 1 atom stereocenters. The largest absolute Gasteiger partial charge is 0.497 e. The molecule has 0 radical (unpaired) electrons. The summed E-state index contributed by atoms with van der Waals surface area (Å²) in [6, 6.07) is 8.28. The first-order chi connectivity index (χ1) is 14.8. The van der Waals surface area contributed by atoms with Crippen LogP contribution in [0.25, 0.3) is 0 Å². The molecule has 0 bridgehead atoms. The van der Waals surface area contributed by atoms with E-state index in [2.05, 4.69) is 27.2 Å². The van der Waals surface area contributed by atoms with Crippen LogP contribution in [-0.2, 0) is 22.4 Å². The standard InChI is InChI=1S/C23H33N3O4/c1-27-21-6-2-4-19(14-21)15-26-10-3-5-20(16-26)23-24-22(25-30-23)9-13-29-17-18-7-11-28-12-8-18/h2,4,6,14,18,20H,3,5,7-13,15-17H2,1H3. The summed E-state index contributed by atoms with van der Waals surface area (Å²) in [7, 11) is 1.71. The van der Waals surface area contributed by atoms with Gasteiger partial charge in [-0.05, 0) is 55.8 Å². The summed E-state index contributed by atoms with van der Waals surface area (Å²) in [5.41, 5.74) is 1.27. The number of hydrogen-bond acceptors (Lipinski definition) is 7. The maximum atomic E-state index is 5.84. The van der Waals surface area contributed by atoms with Gasteiger partial charge in [-0.15, -0.1) is 0 Å². The van der Waals surface area contributed by atoms with E-state index in [1.165, 1.54) is 5.56 Å². The summed E-state index contributed by atoms with van der Waals surface area (Å²) in [5.74, 6) is 3.35. The Morgan fingerprint density at radius 2 is 2.10 bits per heavy atom. The van der Waals surface area contributed by atoms with Gasteiger partial charge in [0.05, 0.1) is 19.6 Å². The molecule has 1 aromatic carbocycles. The molecular weight excluding hydrogens is 382 g/mol. The maximum Gasteiger partial charge on any atom is 0.231 e. The number of aromatic nitrogens is 2. The number of likely N-dealkylation sites (tertiary alicyclic amines) is 1. The van der Waals surface area contributed by atoms with Crippen molar-refractivity contribution in [2.24, 2.45) is 5.92 Å². The van der Waals surface area contributed by atoms with Gasteiger partial charge in [-0.25, -0.2) is 0 Å². The van der Waals surface area contributed by atoms with Gasteiger partial charge in [0.1, 0.15) is 5.75 Å². The molecule has 4 rings (SSSR count). The van der Waals surface area contributed by atoms with Crippen LogP contribution in [0.5, 0.6) is 5.75 Å². The first kappa shape index (κ1) is 21.3. The van der Waals surface area contributed by atoms with Crippen molar-refractivity contribution in [2.75, 3.05) is 46.6 Å². The average Bonchev–Trinajstić information content (AvgIpc) is 3.27. The van der Waals surface area contributed by atoms with Gasteiger partial charge in [0.2, 0.25) is 5.89 Å². The summed E-state index contributed by atoms with van der Waals surface area (Å²) in [5, 5.41) is 4.19. The predicted octanol–water partition coefficient (Wildman–Crippen LogP) is 3.44. The van der Waals surface area contributed by atoms with Gasteiger partial charge in [-0.2, -0.15) is 4.98 Å². The molecule has 2 aliphatic heterocycles. The van der Waals surface area contributed by atoms with E-state index in [1.54, 1.807) is 7.11 Å². The third-order valence-electron chi connectivity index (χ3n) is 6.04. The number of rotatable bonds is 9. The Morgan fingerprint density at radius 3 is 2.97 bits per heavy atom. The van der Waals surface area contributed by atoms with E-state index < -0.39 is 0 Å². The lowest BCUT2D eigenvalue weighted by atomic mass is 9.97. The minimum atomic E-state index is 0.300. The number of benzene rings is 1. The zero-order chi connectivity index (χ0) is 20.6. The topological polar surface area (TPSA) is 69.9 Å². The molecule has 2 fully saturated rings. The quantitative estimate of drug-likeness (QED) is 0.581. The first-order valence-corrected chi connectivity index (χ1v) is 11.1. The van der Waals surface area contributed by atoms with Gasteiger partial charge < -0.3 is 18.7 Å². The van der Waals surface area contributed by atoms with E-state index >= 15 is 0 Å². The van der Waals surface area contributed by atoms with Crippen LogP contribution >= 0.6 is 0 Å². The molecule has 2 saturated heterocycles. The third kappa shape index (κ3) is 6.03. The molecule has 30 heavy (non-hydrogen) atoms. The van der Waals surface area contributed by atoms with Gasteiger partial charge in [0.25, 0.3) is 0 Å². The molecule has 7 nitrogen and oxygen atoms in total. The fourth-order valence-electron chi connectivity index (χ4n) is 4.29. The van der Waals surface area contributed by atoms with Crippen molar-refractivity contribution in [3.05, 3.63) is 41.5 Å². The second kappa shape index (κ2) is 10.9. The Kier molecular flexibility index (Phi) is 7.72. The molecule has 1 unspecified atom stereocenters. The van der Waals surface area contributed by atoms with E-state index in [1.807, 2.05) is 12.1 Å². The van der Waals surface area contributed by atoms with Crippen molar-refractivity contribution < 1.29 is 18.7 Å². The summed E-state index contributed by atoms with van der Waals surface area (Å²) in [6.45, 7) is 6.11. The van der Waals surface area contributed by atoms with Crippen molar-refractivity contribution in [3.63, 3.8) is 0 Å². The van der Waals surface area contributed by atoms with Crippen molar-refractivity contribution >= 4 is 0 Å². The molecule has 0 amide bonds. The number of methoxy groups -OCH3 is 1. The predicted molar refractivity (Wildman–Crippen MR) is 113 cm³/mol. The Morgan fingerprint density at radius 1 is 1.20 bits per heavy atom. The molecule has 7 heteroatoms. The van der Waals surface area contributed by atoms with E-state index in [0.717, 1.165) is 82.6 Å². The molecular formula is C23H33N3O4. The number of piperidine rings is 1. The lowest BCUT2D eigenvalue weighted by Crippen LogP contribution is -2.34. The summed E-state index contributed by atoms with van der Waals surface area (Å²) in [4.78, 5) is 7.12. The summed E-state index contributed by atoms with van der Waals surface area (Å²) < 4.78 is 22.2. The highest BCUT2D eigenvalue weighted by Gasteiger charge is 2.26. The lowest BCUT2D eigenvalue weighted by molar-refractivity contribution is 0.0211. The molecule has 0 aliphatic carbocycles. The zero-order valence-corrected chi connectivity index (χ0v) is 17.9. The molecule has 3 heterocycles. The van der Waals surface area contributed by atoms with Crippen molar-refractivity contribution in [3.8, 4) is 5.75 Å². The van der Waals surface area contributed by atoms with Gasteiger partial charge in [0, 0.05) is 39.3 Å². The van der Waals surface area contributed by atoms with Gasteiger partial charge in [-0.3, -0.25) is 4.90 Å². The van der Waals surface area contributed by atoms with Crippen LogP contribution in [-0.4, -0.2) is 61.7 Å². The Hall–Kier alpha value is -1.96.